The molecule has 0 bridgehead atoms. The van der Waals surface area contributed by atoms with Crippen molar-refractivity contribution < 1.29 is 13.2 Å². The van der Waals surface area contributed by atoms with Crippen LogP contribution < -0.4 is 4.74 Å². The fraction of sp³-hybridized carbons (Fsp3) is 0.333. The highest BCUT2D eigenvalue weighted by molar-refractivity contribution is 7.89. The zero-order valence-corrected chi connectivity index (χ0v) is 15.6. The first-order chi connectivity index (χ1) is 12.0. The first-order valence-electron chi connectivity index (χ1n) is 8.10. The summed E-state index contributed by atoms with van der Waals surface area (Å²) in [6.07, 6.45) is 0. The maximum atomic E-state index is 12.7. The number of hydrogen-bond donors (Lipinski definition) is 0. The molecule has 2 aromatic carbocycles. The normalized spacial score (nSPS) is 16.7. The van der Waals surface area contributed by atoms with E-state index < -0.39 is 10.0 Å². The Bertz CT molecular complexity index is 799. The number of sulfonamides is 1. The summed E-state index contributed by atoms with van der Waals surface area (Å²) in [4.78, 5) is 2.55. The lowest BCUT2D eigenvalue weighted by molar-refractivity contribution is 0.181. The number of halogens is 1. The predicted octanol–water partition coefficient (Wildman–Crippen LogP) is 2.86. The van der Waals surface area contributed by atoms with Crippen molar-refractivity contribution in [2.24, 2.45) is 0 Å². The fourth-order valence-electron chi connectivity index (χ4n) is 2.87. The van der Waals surface area contributed by atoms with E-state index in [1.807, 2.05) is 24.3 Å². The van der Waals surface area contributed by atoms with Crippen LogP contribution in [0, 0.1) is 0 Å². The van der Waals surface area contributed by atoms with E-state index in [2.05, 4.69) is 4.90 Å². The highest BCUT2D eigenvalue weighted by atomic mass is 35.5. The second-order valence-corrected chi connectivity index (χ2v) is 8.36. The molecule has 0 unspecified atom stereocenters. The quantitative estimate of drug-likeness (QED) is 0.800. The molecule has 2 aromatic rings. The van der Waals surface area contributed by atoms with Gasteiger partial charge in [-0.25, -0.2) is 8.42 Å². The number of benzene rings is 2. The van der Waals surface area contributed by atoms with Crippen LogP contribution in [-0.2, 0) is 16.6 Å². The summed E-state index contributed by atoms with van der Waals surface area (Å²) in [6, 6.07) is 14.3. The van der Waals surface area contributed by atoms with Gasteiger partial charge in [-0.15, -0.1) is 0 Å². The molecule has 1 saturated heterocycles. The molecule has 0 amide bonds. The van der Waals surface area contributed by atoms with Gasteiger partial charge in [0, 0.05) is 37.7 Å². The molecule has 1 aliphatic heterocycles. The summed E-state index contributed by atoms with van der Waals surface area (Å²) < 4.78 is 32.1. The van der Waals surface area contributed by atoms with Crippen LogP contribution >= 0.6 is 11.6 Å². The van der Waals surface area contributed by atoms with Crippen molar-refractivity contribution >= 4 is 21.6 Å². The Morgan fingerprint density at radius 1 is 0.960 bits per heavy atom. The minimum atomic E-state index is -3.45. The fourth-order valence-corrected chi connectivity index (χ4v) is 4.42. The molecule has 0 aromatic heterocycles. The van der Waals surface area contributed by atoms with E-state index in [-0.39, 0.29) is 0 Å². The van der Waals surface area contributed by atoms with Gasteiger partial charge in [0.15, 0.2) is 0 Å². The van der Waals surface area contributed by atoms with Gasteiger partial charge in [-0.2, -0.15) is 4.31 Å². The Morgan fingerprint density at radius 2 is 1.56 bits per heavy atom. The first kappa shape index (κ1) is 18.2. The topological polar surface area (TPSA) is 49.9 Å². The van der Waals surface area contributed by atoms with E-state index in [1.54, 1.807) is 35.7 Å². The minimum Gasteiger partial charge on any atom is -0.497 e. The van der Waals surface area contributed by atoms with Gasteiger partial charge in [-0.3, -0.25) is 4.90 Å². The Kier molecular flexibility index (Phi) is 5.64. The number of methoxy groups -OCH3 is 1. The lowest BCUT2D eigenvalue weighted by Gasteiger charge is -2.34. The lowest BCUT2D eigenvalue weighted by atomic mass is 10.2. The van der Waals surface area contributed by atoms with Gasteiger partial charge >= 0.3 is 0 Å². The molecule has 0 spiro atoms. The van der Waals surface area contributed by atoms with Crippen molar-refractivity contribution in [1.29, 1.82) is 0 Å². The van der Waals surface area contributed by atoms with Crippen molar-refractivity contribution in [3.05, 3.63) is 59.1 Å². The maximum absolute atomic E-state index is 12.7. The largest absolute Gasteiger partial charge is 0.497 e. The summed E-state index contributed by atoms with van der Waals surface area (Å²) in [5.41, 5.74) is 1.19. The van der Waals surface area contributed by atoms with Gasteiger partial charge in [0.05, 0.1) is 12.0 Å². The van der Waals surface area contributed by atoms with E-state index in [0.29, 0.717) is 36.1 Å². The van der Waals surface area contributed by atoms with Gasteiger partial charge in [0.1, 0.15) is 5.75 Å². The molecule has 1 aliphatic rings. The SMILES string of the molecule is COc1ccc(CN2CCN(S(=O)(=O)c3ccc(Cl)cc3)CC2)cc1. The number of nitrogens with zero attached hydrogens (tertiary/aromatic N) is 2. The minimum absolute atomic E-state index is 0.292. The molecule has 25 heavy (non-hydrogen) atoms. The highest BCUT2D eigenvalue weighted by Gasteiger charge is 2.28. The summed E-state index contributed by atoms with van der Waals surface area (Å²) in [5, 5.41) is 0.531. The highest BCUT2D eigenvalue weighted by Crippen LogP contribution is 2.21. The van der Waals surface area contributed by atoms with Crippen LogP contribution in [0.2, 0.25) is 5.02 Å². The molecule has 134 valence electrons. The average molecular weight is 381 g/mol. The predicted molar refractivity (Wildman–Crippen MR) is 98.5 cm³/mol. The van der Waals surface area contributed by atoms with Crippen LogP contribution in [0.25, 0.3) is 0 Å². The second kappa shape index (κ2) is 7.74. The Morgan fingerprint density at radius 3 is 2.12 bits per heavy atom. The van der Waals surface area contributed by atoms with Crippen molar-refractivity contribution in [3.8, 4) is 5.75 Å². The standard InChI is InChI=1S/C18H21ClN2O3S/c1-24-17-6-2-15(3-7-17)14-20-10-12-21(13-11-20)25(22,23)18-8-4-16(19)5-9-18/h2-9H,10-14H2,1H3. The summed E-state index contributed by atoms with van der Waals surface area (Å²) >= 11 is 5.84. The molecule has 0 atom stereocenters. The Balaban J connectivity index is 1.60. The monoisotopic (exact) mass is 380 g/mol. The van der Waals surface area contributed by atoms with Gasteiger partial charge in [-0.05, 0) is 42.0 Å². The van der Waals surface area contributed by atoms with E-state index in [4.69, 9.17) is 16.3 Å². The van der Waals surface area contributed by atoms with Gasteiger partial charge in [0.2, 0.25) is 10.0 Å². The Labute approximate surface area is 153 Å². The first-order valence-corrected chi connectivity index (χ1v) is 9.92. The molecule has 0 radical (unpaired) electrons. The zero-order valence-electron chi connectivity index (χ0n) is 14.1. The van der Waals surface area contributed by atoms with Crippen LogP contribution in [0.4, 0.5) is 0 Å². The number of piperazine rings is 1. The number of hydrogen-bond acceptors (Lipinski definition) is 4. The third-order valence-electron chi connectivity index (χ3n) is 4.35. The van der Waals surface area contributed by atoms with Crippen LogP contribution in [0.3, 0.4) is 0 Å². The zero-order chi connectivity index (χ0) is 17.9. The van der Waals surface area contributed by atoms with Gasteiger partial charge in [0.25, 0.3) is 0 Å². The summed E-state index contributed by atoms with van der Waals surface area (Å²) in [7, 11) is -1.80. The second-order valence-electron chi connectivity index (χ2n) is 5.98. The molecule has 1 fully saturated rings. The van der Waals surface area contributed by atoms with E-state index in [9.17, 15) is 8.42 Å². The Hall–Kier alpha value is -1.60. The molecule has 3 rings (SSSR count). The molecular weight excluding hydrogens is 360 g/mol. The van der Waals surface area contributed by atoms with E-state index in [1.165, 1.54) is 5.56 Å². The summed E-state index contributed by atoms with van der Waals surface area (Å²) in [6.45, 7) is 3.19. The van der Waals surface area contributed by atoms with Crippen LogP contribution in [-0.4, -0.2) is 50.9 Å². The average Bonchev–Trinajstić information content (AvgIpc) is 2.63. The van der Waals surface area contributed by atoms with E-state index >= 15 is 0 Å². The molecule has 5 nitrogen and oxygen atoms in total. The molecule has 0 saturated carbocycles. The van der Waals surface area contributed by atoms with Crippen LogP contribution in [0.15, 0.2) is 53.4 Å². The molecule has 0 N–H and O–H groups in total. The third kappa shape index (κ3) is 4.33. The summed E-state index contributed by atoms with van der Waals surface area (Å²) in [5.74, 6) is 0.836. The third-order valence-corrected chi connectivity index (χ3v) is 6.51. The smallest absolute Gasteiger partial charge is 0.243 e. The van der Waals surface area contributed by atoms with Crippen molar-refractivity contribution in [2.75, 3.05) is 33.3 Å². The van der Waals surface area contributed by atoms with Crippen molar-refractivity contribution in [1.82, 2.24) is 9.21 Å². The van der Waals surface area contributed by atoms with Gasteiger partial charge < -0.3 is 4.74 Å². The molecule has 1 heterocycles. The van der Waals surface area contributed by atoms with Crippen LogP contribution in [0.5, 0.6) is 5.75 Å². The molecule has 0 aliphatic carbocycles. The van der Waals surface area contributed by atoms with Crippen molar-refractivity contribution in [3.63, 3.8) is 0 Å². The molecule has 7 heteroatoms. The van der Waals surface area contributed by atoms with Crippen molar-refractivity contribution in [2.45, 2.75) is 11.4 Å². The number of ether oxygens (including phenoxy) is 1. The van der Waals surface area contributed by atoms with Gasteiger partial charge in [-0.1, -0.05) is 23.7 Å². The molecular formula is C18H21ClN2O3S. The lowest BCUT2D eigenvalue weighted by Crippen LogP contribution is -2.48. The van der Waals surface area contributed by atoms with E-state index in [0.717, 1.165) is 12.3 Å². The number of rotatable bonds is 5. The maximum Gasteiger partial charge on any atom is 0.243 e. The van der Waals surface area contributed by atoms with Crippen LogP contribution in [0.1, 0.15) is 5.56 Å².